The molecule has 0 radical (unpaired) electrons. The summed E-state index contributed by atoms with van der Waals surface area (Å²) in [5.41, 5.74) is 4.17. The summed E-state index contributed by atoms with van der Waals surface area (Å²) in [7, 11) is 0. The Balaban J connectivity index is 1.54. The van der Waals surface area contributed by atoms with Crippen LogP contribution < -0.4 is 10.1 Å². The third-order valence-electron chi connectivity index (χ3n) is 6.54. The first kappa shape index (κ1) is 18.8. The summed E-state index contributed by atoms with van der Waals surface area (Å²) < 4.78 is 8.12. The molecule has 2 aromatic carbocycles. The van der Waals surface area contributed by atoms with Crippen LogP contribution in [0, 0.1) is 0 Å². The number of ether oxygens (including phenoxy) is 1. The van der Waals surface area contributed by atoms with Gasteiger partial charge in [-0.05, 0) is 54.8 Å². The van der Waals surface area contributed by atoms with E-state index in [2.05, 4.69) is 21.5 Å². The van der Waals surface area contributed by atoms with Crippen molar-refractivity contribution < 1.29 is 9.53 Å². The van der Waals surface area contributed by atoms with Crippen LogP contribution in [0.4, 0.5) is 5.69 Å². The standard InChI is InChI=1S/C26H22N4O2/c31-25-26(12-5-6-13-26)20-16-18(21-11-15-28-30(21)19-8-2-1-3-9-19)17-22(24(20)29-25)32-23-10-4-7-14-27-23/h1-4,7-11,14-17H,5-6,12-13H2,(H,29,31). The number of pyridine rings is 1. The molecular weight excluding hydrogens is 400 g/mol. The lowest BCUT2D eigenvalue weighted by atomic mass is 9.79. The molecule has 2 aromatic heterocycles. The summed E-state index contributed by atoms with van der Waals surface area (Å²) >= 11 is 0. The largest absolute Gasteiger partial charge is 0.437 e. The Morgan fingerprint density at radius 2 is 1.75 bits per heavy atom. The van der Waals surface area contributed by atoms with Gasteiger partial charge in [-0.3, -0.25) is 4.79 Å². The second-order valence-electron chi connectivity index (χ2n) is 8.37. The molecule has 6 nitrogen and oxygen atoms in total. The van der Waals surface area contributed by atoms with Gasteiger partial charge in [0.1, 0.15) is 0 Å². The third-order valence-corrected chi connectivity index (χ3v) is 6.54. The number of hydrogen-bond donors (Lipinski definition) is 1. The highest BCUT2D eigenvalue weighted by molar-refractivity contribution is 6.08. The predicted octanol–water partition coefficient (Wildman–Crippen LogP) is 5.49. The first-order valence-electron chi connectivity index (χ1n) is 10.9. The number of benzene rings is 2. The van der Waals surface area contributed by atoms with Crippen LogP contribution in [-0.2, 0) is 10.2 Å². The number of aromatic nitrogens is 3. The first-order valence-corrected chi connectivity index (χ1v) is 10.9. The molecular formula is C26H22N4O2. The van der Waals surface area contributed by atoms with Crippen molar-refractivity contribution in [2.45, 2.75) is 31.1 Å². The summed E-state index contributed by atoms with van der Waals surface area (Å²) in [5.74, 6) is 1.17. The average Bonchev–Trinajstić information content (AvgIpc) is 3.57. The Kier molecular flexibility index (Phi) is 4.31. The van der Waals surface area contributed by atoms with Crippen LogP contribution in [0.3, 0.4) is 0 Å². The Hall–Kier alpha value is -3.93. The lowest BCUT2D eigenvalue weighted by Crippen LogP contribution is -2.30. The van der Waals surface area contributed by atoms with Gasteiger partial charge in [0.2, 0.25) is 11.8 Å². The van der Waals surface area contributed by atoms with E-state index in [0.717, 1.165) is 53.9 Å². The SMILES string of the molecule is O=C1Nc2c(Oc3ccccn3)cc(-c3ccnn3-c3ccccc3)cc2C12CCCC2. The van der Waals surface area contributed by atoms with E-state index in [1.165, 1.54) is 0 Å². The lowest BCUT2D eigenvalue weighted by Gasteiger charge is -2.22. The molecule has 6 rings (SSSR count). The van der Waals surface area contributed by atoms with Crippen LogP contribution in [0.15, 0.2) is 79.1 Å². The highest BCUT2D eigenvalue weighted by Crippen LogP contribution is 2.53. The minimum absolute atomic E-state index is 0.0737. The van der Waals surface area contributed by atoms with Crippen molar-refractivity contribution >= 4 is 11.6 Å². The molecule has 1 saturated carbocycles. The van der Waals surface area contributed by atoms with Gasteiger partial charge in [-0.1, -0.05) is 37.1 Å². The van der Waals surface area contributed by atoms with Crippen LogP contribution in [-0.4, -0.2) is 20.7 Å². The minimum Gasteiger partial charge on any atom is -0.437 e. The normalized spacial score (nSPS) is 16.2. The smallest absolute Gasteiger partial charge is 0.235 e. The molecule has 6 heteroatoms. The molecule has 1 aliphatic carbocycles. The number of nitrogens with one attached hydrogen (secondary N) is 1. The maximum absolute atomic E-state index is 13.1. The van der Waals surface area contributed by atoms with E-state index in [-0.39, 0.29) is 5.91 Å². The van der Waals surface area contributed by atoms with Gasteiger partial charge in [-0.15, -0.1) is 0 Å². The lowest BCUT2D eigenvalue weighted by molar-refractivity contribution is -0.120. The number of para-hydroxylation sites is 1. The molecule has 2 aliphatic rings. The van der Waals surface area contributed by atoms with Gasteiger partial charge in [0.05, 0.1) is 28.7 Å². The van der Waals surface area contributed by atoms with E-state index in [9.17, 15) is 4.79 Å². The van der Waals surface area contributed by atoms with Gasteiger partial charge in [0.15, 0.2) is 5.75 Å². The summed E-state index contributed by atoms with van der Waals surface area (Å²) in [6.45, 7) is 0. The highest BCUT2D eigenvalue weighted by atomic mass is 16.5. The zero-order valence-corrected chi connectivity index (χ0v) is 17.5. The topological polar surface area (TPSA) is 69.0 Å². The average molecular weight is 422 g/mol. The number of carbonyl (C=O) groups is 1. The Bertz CT molecular complexity index is 1290. The maximum atomic E-state index is 13.1. The van der Waals surface area contributed by atoms with Crippen molar-refractivity contribution in [3.05, 3.63) is 84.7 Å². The molecule has 1 aliphatic heterocycles. The fourth-order valence-electron chi connectivity index (χ4n) is 5.00. The van der Waals surface area contributed by atoms with E-state index in [1.807, 2.05) is 65.3 Å². The molecule has 32 heavy (non-hydrogen) atoms. The molecule has 0 unspecified atom stereocenters. The summed E-state index contributed by atoms with van der Waals surface area (Å²) in [6.07, 6.45) is 7.31. The van der Waals surface area contributed by atoms with Gasteiger partial charge in [0.25, 0.3) is 0 Å². The zero-order chi connectivity index (χ0) is 21.5. The third kappa shape index (κ3) is 2.91. The van der Waals surface area contributed by atoms with Gasteiger partial charge < -0.3 is 10.1 Å². The van der Waals surface area contributed by atoms with Crippen molar-refractivity contribution in [3.8, 4) is 28.6 Å². The zero-order valence-electron chi connectivity index (χ0n) is 17.5. The monoisotopic (exact) mass is 422 g/mol. The number of fused-ring (bicyclic) bond motifs is 2. The highest BCUT2D eigenvalue weighted by Gasteiger charge is 2.49. The fourth-order valence-corrected chi connectivity index (χ4v) is 5.00. The Labute approximate surface area is 185 Å². The number of carbonyl (C=O) groups excluding carboxylic acids is 1. The van der Waals surface area contributed by atoms with Crippen LogP contribution in [0.25, 0.3) is 16.9 Å². The van der Waals surface area contributed by atoms with Crippen molar-refractivity contribution in [3.63, 3.8) is 0 Å². The van der Waals surface area contributed by atoms with Gasteiger partial charge >= 0.3 is 0 Å². The quantitative estimate of drug-likeness (QED) is 0.472. The second kappa shape index (κ2) is 7.34. The van der Waals surface area contributed by atoms with Crippen LogP contribution in [0.1, 0.15) is 31.2 Å². The number of amides is 1. The molecule has 1 N–H and O–H groups in total. The van der Waals surface area contributed by atoms with Crippen molar-refractivity contribution in [1.29, 1.82) is 0 Å². The maximum Gasteiger partial charge on any atom is 0.235 e. The van der Waals surface area contributed by atoms with Crippen LogP contribution in [0.5, 0.6) is 11.6 Å². The summed E-state index contributed by atoms with van der Waals surface area (Å²) in [4.78, 5) is 17.5. The van der Waals surface area contributed by atoms with Crippen LogP contribution >= 0.6 is 0 Å². The van der Waals surface area contributed by atoms with E-state index < -0.39 is 5.41 Å². The fraction of sp³-hybridized carbons (Fsp3) is 0.192. The van der Waals surface area contributed by atoms with Gasteiger partial charge in [-0.25, -0.2) is 9.67 Å². The number of hydrogen-bond acceptors (Lipinski definition) is 4. The van der Waals surface area contributed by atoms with E-state index in [0.29, 0.717) is 11.6 Å². The summed E-state index contributed by atoms with van der Waals surface area (Å²) in [5, 5.41) is 7.68. The molecule has 1 amide bonds. The Morgan fingerprint density at radius 1 is 0.938 bits per heavy atom. The molecule has 3 heterocycles. The van der Waals surface area contributed by atoms with E-state index >= 15 is 0 Å². The molecule has 1 spiro atoms. The summed E-state index contributed by atoms with van der Waals surface area (Å²) in [6, 6.07) is 21.7. The van der Waals surface area contributed by atoms with E-state index in [4.69, 9.17) is 4.74 Å². The minimum atomic E-state index is -0.481. The van der Waals surface area contributed by atoms with Crippen molar-refractivity contribution in [1.82, 2.24) is 14.8 Å². The number of nitrogens with zero attached hydrogens (tertiary/aromatic N) is 3. The Morgan fingerprint density at radius 3 is 2.53 bits per heavy atom. The second-order valence-corrected chi connectivity index (χ2v) is 8.37. The predicted molar refractivity (Wildman–Crippen MR) is 122 cm³/mol. The van der Waals surface area contributed by atoms with Gasteiger partial charge in [-0.2, -0.15) is 5.10 Å². The molecule has 1 fully saturated rings. The first-order chi connectivity index (χ1) is 15.7. The van der Waals surface area contributed by atoms with E-state index in [1.54, 1.807) is 12.4 Å². The molecule has 0 saturated heterocycles. The number of anilines is 1. The number of rotatable bonds is 4. The van der Waals surface area contributed by atoms with Crippen LogP contribution in [0.2, 0.25) is 0 Å². The van der Waals surface area contributed by atoms with Gasteiger partial charge in [0, 0.05) is 17.8 Å². The molecule has 0 atom stereocenters. The van der Waals surface area contributed by atoms with Crippen molar-refractivity contribution in [2.75, 3.05) is 5.32 Å². The van der Waals surface area contributed by atoms with Crippen molar-refractivity contribution in [2.24, 2.45) is 0 Å². The molecule has 0 bridgehead atoms. The molecule has 158 valence electrons. The molecule has 4 aromatic rings.